The molecule has 0 saturated carbocycles. The number of piperidine rings is 1. The van der Waals surface area contributed by atoms with Crippen LogP contribution >= 0.6 is 11.3 Å². The maximum Gasteiger partial charge on any atom is 0.407 e. The third-order valence-corrected chi connectivity index (χ3v) is 5.46. The predicted octanol–water partition coefficient (Wildman–Crippen LogP) is 3.52. The Morgan fingerprint density at radius 3 is 2.79 bits per heavy atom. The number of rotatable bonds is 4. The van der Waals surface area contributed by atoms with Crippen molar-refractivity contribution in [3.63, 3.8) is 0 Å². The molecule has 0 aliphatic carbocycles. The monoisotopic (exact) mass is 349 g/mol. The topological polar surface area (TPSA) is 56.7 Å². The van der Waals surface area contributed by atoms with Gasteiger partial charge in [-0.15, -0.1) is 11.3 Å². The number of carboxylic acid groups (broad SMARTS) is 1. The lowest BCUT2D eigenvalue weighted by Gasteiger charge is -2.35. The van der Waals surface area contributed by atoms with Gasteiger partial charge < -0.3 is 10.0 Å². The van der Waals surface area contributed by atoms with Gasteiger partial charge in [0.15, 0.2) is 0 Å². The highest BCUT2D eigenvalue weighted by molar-refractivity contribution is 7.15. The molecule has 1 fully saturated rings. The third kappa shape index (κ3) is 3.73. The van der Waals surface area contributed by atoms with E-state index in [1.165, 1.54) is 22.3 Å². The van der Waals surface area contributed by atoms with Gasteiger partial charge in [-0.2, -0.15) is 0 Å². The number of hydrogen-bond acceptors (Lipinski definition) is 4. The van der Waals surface area contributed by atoms with E-state index in [4.69, 9.17) is 5.11 Å². The van der Waals surface area contributed by atoms with Gasteiger partial charge in [-0.1, -0.05) is 12.1 Å². The fourth-order valence-electron chi connectivity index (χ4n) is 2.98. The van der Waals surface area contributed by atoms with Gasteiger partial charge >= 0.3 is 6.09 Å². The number of benzene rings is 1. The van der Waals surface area contributed by atoms with Crippen molar-refractivity contribution < 1.29 is 14.3 Å². The van der Waals surface area contributed by atoms with Crippen LogP contribution in [0.4, 0.5) is 9.18 Å². The summed E-state index contributed by atoms with van der Waals surface area (Å²) in [5, 5.41) is 9.74. The zero-order chi connectivity index (χ0) is 17.1. The van der Waals surface area contributed by atoms with Crippen molar-refractivity contribution in [3.8, 4) is 10.6 Å². The Balaban J connectivity index is 1.59. The molecule has 0 atom stereocenters. The molecular weight excluding hydrogens is 329 g/mol. The fourth-order valence-corrected chi connectivity index (χ4v) is 3.96. The number of hydrogen-bond donors (Lipinski definition) is 1. The molecule has 24 heavy (non-hydrogen) atoms. The molecule has 1 aliphatic rings. The molecule has 0 spiro atoms. The quantitative estimate of drug-likeness (QED) is 0.917. The van der Waals surface area contributed by atoms with E-state index in [1.54, 1.807) is 19.2 Å². The molecule has 2 heterocycles. The Morgan fingerprint density at radius 2 is 2.12 bits per heavy atom. The summed E-state index contributed by atoms with van der Waals surface area (Å²) in [6.45, 7) is 2.49. The van der Waals surface area contributed by atoms with Crippen LogP contribution in [-0.2, 0) is 6.54 Å². The Hall–Kier alpha value is -1.99. The van der Waals surface area contributed by atoms with Gasteiger partial charge in [-0.3, -0.25) is 4.90 Å². The molecular formula is C17H20FN3O2S. The van der Waals surface area contributed by atoms with Gasteiger partial charge in [0.1, 0.15) is 10.8 Å². The summed E-state index contributed by atoms with van der Waals surface area (Å²) in [5.41, 5.74) is 0.538. The van der Waals surface area contributed by atoms with Crippen molar-refractivity contribution in [2.24, 2.45) is 0 Å². The van der Waals surface area contributed by atoms with Crippen LogP contribution in [0.15, 0.2) is 30.5 Å². The standard InChI is InChI=1S/C17H20FN3O2S/c1-20(17(22)23)12-6-8-21(9-7-12)11-13-10-19-16(24-13)14-4-2-3-5-15(14)18/h2-5,10,12H,6-9,11H2,1H3,(H,22,23). The van der Waals surface area contributed by atoms with Crippen LogP contribution in [0.25, 0.3) is 10.6 Å². The number of halogens is 1. The van der Waals surface area contributed by atoms with Crippen molar-refractivity contribution in [2.75, 3.05) is 20.1 Å². The molecule has 2 aromatic rings. The lowest BCUT2D eigenvalue weighted by Crippen LogP contribution is -2.44. The summed E-state index contributed by atoms with van der Waals surface area (Å²) < 4.78 is 13.8. The molecule has 3 rings (SSSR count). The SMILES string of the molecule is CN(C(=O)O)C1CCN(Cc2cnc(-c3ccccc3F)s2)CC1. The summed E-state index contributed by atoms with van der Waals surface area (Å²) in [5.74, 6) is -0.254. The van der Waals surface area contributed by atoms with E-state index in [0.717, 1.165) is 37.4 Å². The second kappa shape index (κ2) is 7.27. The number of carbonyl (C=O) groups is 1. The molecule has 7 heteroatoms. The zero-order valence-corrected chi connectivity index (χ0v) is 14.3. The van der Waals surface area contributed by atoms with Crippen LogP contribution in [0.1, 0.15) is 17.7 Å². The van der Waals surface area contributed by atoms with Gasteiger partial charge in [0, 0.05) is 49.4 Å². The molecule has 128 valence electrons. The summed E-state index contributed by atoms with van der Waals surface area (Å²) in [6.07, 6.45) is 2.61. The van der Waals surface area contributed by atoms with E-state index in [-0.39, 0.29) is 11.9 Å². The lowest BCUT2D eigenvalue weighted by molar-refractivity contribution is 0.103. The average molecular weight is 349 g/mol. The van der Waals surface area contributed by atoms with E-state index in [9.17, 15) is 9.18 Å². The van der Waals surface area contributed by atoms with Crippen LogP contribution in [0.2, 0.25) is 0 Å². The smallest absolute Gasteiger partial charge is 0.407 e. The van der Waals surface area contributed by atoms with E-state index >= 15 is 0 Å². The fraction of sp³-hybridized carbons (Fsp3) is 0.412. The maximum absolute atomic E-state index is 13.8. The van der Waals surface area contributed by atoms with E-state index in [1.807, 2.05) is 12.3 Å². The molecule has 1 aromatic heterocycles. The molecule has 1 amide bonds. The first-order valence-electron chi connectivity index (χ1n) is 7.92. The molecule has 1 N–H and O–H groups in total. The molecule has 1 saturated heterocycles. The molecule has 0 radical (unpaired) electrons. The van der Waals surface area contributed by atoms with E-state index < -0.39 is 6.09 Å². The highest BCUT2D eigenvalue weighted by Gasteiger charge is 2.25. The van der Waals surface area contributed by atoms with Gasteiger partial charge in [0.25, 0.3) is 0 Å². The summed E-state index contributed by atoms with van der Waals surface area (Å²) in [7, 11) is 1.63. The predicted molar refractivity (Wildman–Crippen MR) is 91.6 cm³/mol. The Bertz CT molecular complexity index is 713. The first kappa shape index (κ1) is 16.9. The first-order valence-corrected chi connectivity index (χ1v) is 8.74. The van der Waals surface area contributed by atoms with Crippen LogP contribution in [-0.4, -0.2) is 52.2 Å². The zero-order valence-electron chi connectivity index (χ0n) is 13.5. The van der Waals surface area contributed by atoms with Crippen LogP contribution in [0, 0.1) is 5.82 Å². The van der Waals surface area contributed by atoms with Gasteiger partial charge in [-0.25, -0.2) is 14.2 Å². The van der Waals surface area contributed by atoms with Gasteiger partial charge in [0.05, 0.1) is 0 Å². The van der Waals surface area contributed by atoms with Crippen molar-refractivity contribution in [2.45, 2.75) is 25.4 Å². The molecule has 1 aromatic carbocycles. The highest BCUT2D eigenvalue weighted by atomic mass is 32.1. The van der Waals surface area contributed by atoms with E-state index in [0.29, 0.717) is 10.6 Å². The second-order valence-electron chi connectivity index (χ2n) is 6.01. The van der Waals surface area contributed by atoms with Crippen LogP contribution in [0.5, 0.6) is 0 Å². The minimum absolute atomic E-state index is 0.0918. The van der Waals surface area contributed by atoms with Crippen LogP contribution < -0.4 is 0 Å². The van der Waals surface area contributed by atoms with Crippen molar-refractivity contribution in [3.05, 3.63) is 41.2 Å². The lowest BCUT2D eigenvalue weighted by atomic mass is 10.0. The molecule has 1 aliphatic heterocycles. The number of amides is 1. The van der Waals surface area contributed by atoms with Crippen molar-refractivity contribution in [1.29, 1.82) is 0 Å². The normalized spacial score (nSPS) is 16.2. The number of likely N-dealkylation sites (tertiary alicyclic amines) is 1. The minimum atomic E-state index is -0.870. The summed E-state index contributed by atoms with van der Waals surface area (Å²) >= 11 is 1.51. The molecule has 0 bridgehead atoms. The Labute approximate surface area is 144 Å². The largest absolute Gasteiger partial charge is 0.465 e. The number of aromatic nitrogens is 1. The second-order valence-corrected chi connectivity index (χ2v) is 7.13. The number of nitrogens with zero attached hydrogens (tertiary/aromatic N) is 3. The molecule has 0 unspecified atom stereocenters. The molecule has 5 nitrogen and oxygen atoms in total. The summed E-state index contributed by atoms with van der Waals surface area (Å²) in [6, 6.07) is 6.76. The van der Waals surface area contributed by atoms with Gasteiger partial charge in [0.2, 0.25) is 0 Å². The summed E-state index contributed by atoms with van der Waals surface area (Å²) in [4.78, 5) is 20.2. The van der Waals surface area contributed by atoms with Gasteiger partial charge in [-0.05, 0) is 25.0 Å². The minimum Gasteiger partial charge on any atom is -0.465 e. The van der Waals surface area contributed by atoms with Crippen LogP contribution in [0.3, 0.4) is 0 Å². The Morgan fingerprint density at radius 1 is 1.42 bits per heavy atom. The number of thiazole rings is 1. The highest BCUT2D eigenvalue weighted by Crippen LogP contribution is 2.28. The van der Waals surface area contributed by atoms with E-state index in [2.05, 4.69) is 9.88 Å². The van der Waals surface area contributed by atoms with Crippen molar-refractivity contribution in [1.82, 2.24) is 14.8 Å². The maximum atomic E-state index is 13.8. The Kier molecular flexibility index (Phi) is 5.11. The first-order chi connectivity index (χ1) is 11.5. The average Bonchev–Trinajstić information content (AvgIpc) is 3.03. The van der Waals surface area contributed by atoms with Crippen molar-refractivity contribution >= 4 is 17.4 Å². The third-order valence-electron chi connectivity index (χ3n) is 4.44.